The van der Waals surface area contributed by atoms with Crippen LogP contribution < -0.4 is 0 Å². The Morgan fingerprint density at radius 2 is 1.37 bits per heavy atom. The van der Waals surface area contributed by atoms with Gasteiger partial charge in [-0.05, 0) is 57.4 Å². The third-order valence-electron chi connectivity index (χ3n) is 4.92. The molecule has 0 bridgehead atoms. The second-order valence-electron chi connectivity index (χ2n) is 6.99. The molecule has 162 valence electrons. The van der Waals surface area contributed by atoms with E-state index in [1.54, 1.807) is 0 Å². The van der Waals surface area contributed by atoms with E-state index in [0.717, 1.165) is 36.8 Å². The zero-order chi connectivity index (χ0) is 16.9. The molecule has 0 amide bonds. The van der Waals surface area contributed by atoms with E-state index >= 15 is 0 Å². The molecule has 0 aromatic carbocycles. The van der Waals surface area contributed by atoms with Gasteiger partial charge in [-0.25, -0.2) is 0 Å². The average Bonchev–Trinajstić information content (AvgIpc) is 2.45. The van der Waals surface area contributed by atoms with Crippen molar-refractivity contribution < 1.29 is 9.59 Å². The van der Waals surface area contributed by atoms with Crippen LogP contribution in [0, 0.1) is 17.8 Å². The van der Waals surface area contributed by atoms with Gasteiger partial charge in [-0.3, -0.25) is 9.59 Å². The SMILES string of the molecule is C.C.C.C.C.C=C(C)[C@@H]1CC=C(C)C(=O)C1.C=C(C)[C@@H]1CC[C@@H](C)C(=O)C1. The van der Waals surface area contributed by atoms with Crippen LogP contribution in [0.3, 0.4) is 0 Å². The van der Waals surface area contributed by atoms with Crippen molar-refractivity contribution in [2.24, 2.45) is 17.8 Å². The van der Waals surface area contributed by atoms with Gasteiger partial charge in [0.05, 0.1) is 0 Å². The van der Waals surface area contributed by atoms with Crippen LogP contribution in [0.1, 0.15) is 96.9 Å². The van der Waals surface area contributed by atoms with Crippen LogP contribution in [0.2, 0.25) is 0 Å². The van der Waals surface area contributed by atoms with Crippen LogP contribution in [0.25, 0.3) is 0 Å². The highest BCUT2D eigenvalue weighted by atomic mass is 16.1. The summed E-state index contributed by atoms with van der Waals surface area (Å²) in [5.74, 6) is 1.86. The molecule has 2 nitrogen and oxygen atoms in total. The molecule has 2 aliphatic rings. The molecule has 0 unspecified atom stereocenters. The Labute approximate surface area is 172 Å². The molecule has 2 heteroatoms. The van der Waals surface area contributed by atoms with Gasteiger partial charge in [0, 0.05) is 18.8 Å². The molecule has 27 heavy (non-hydrogen) atoms. The number of allylic oxidation sites excluding steroid dienone is 4. The van der Waals surface area contributed by atoms with Gasteiger partial charge >= 0.3 is 0 Å². The summed E-state index contributed by atoms with van der Waals surface area (Å²) in [7, 11) is 0. The van der Waals surface area contributed by atoms with Gasteiger partial charge < -0.3 is 0 Å². The van der Waals surface area contributed by atoms with Gasteiger partial charge in [0.25, 0.3) is 0 Å². The Bertz CT molecular complexity index is 496. The number of carbonyl (C=O) groups is 2. The third-order valence-corrected chi connectivity index (χ3v) is 4.92. The lowest BCUT2D eigenvalue weighted by Crippen LogP contribution is -2.22. The Hall–Kier alpha value is -1.44. The quantitative estimate of drug-likeness (QED) is 0.450. The zero-order valence-corrected chi connectivity index (χ0v) is 14.6. The van der Waals surface area contributed by atoms with Crippen molar-refractivity contribution in [1.82, 2.24) is 0 Å². The topological polar surface area (TPSA) is 34.1 Å². The van der Waals surface area contributed by atoms with Crippen LogP contribution in [0.4, 0.5) is 0 Å². The molecule has 0 saturated heterocycles. The third kappa shape index (κ3) is 11.8. The second-order valence-corrected chi connectivity index (χ2v) is 6.99. The number of Topliss-reactive ketones (excluding diaryl/α,β-unsaturated/α-hetero) is 2. The van der Waals surface area contributed by atoms with E-state index in [1.165, 1.54) is 5.57 Å². The highest BCUT2D eigenvalue weighted by molar-refractivity contribution is 5.95. The first-order valence-corrected chi connectivity index (χ1v) is 8.25. The minimum atomic E-state index is 0. The van der Waals surface area contributed by atoms with Gasteiger partial charge in [-0.1, -0.05) is 74.4 Å². The number of hydrogen-bond donors (Lipinski definition) is 0. The fourth-order valence-electron chi connectivity index (χ4n) is 2.86. The van der Waals surface area contributed by atoms with Gasteiger partial charge in [0.2, 0.25) is 0 Å². The molecule has 1 saturated carbocycles. The molecule has 1 fully saturated rings. The maximum Gasteiger partial charge on any atom is 0.158 e. The minimum absolute atomic E-state index is 0. The second kappa shape index (κ2) is 16.7. The van der Waals surface area contributed by atoms with Crippen molar-refractivity contribution in [2.75, 3.05) is 0 Å². The predicted octanol–water partition coefficient (Wildman–Crippen LogP) is 8.24. The lowest BCUT2D eigenvalue weighted by atomic mass is 9.79. The lowest BCUT2D eigenvalue weighted by Gasteiger charge is -2.25. The number of hydrogen-bond acceptors (Lipinski definition) is 2. The smallest absolute Gasteiger partial charge is 0.158 e. The molecule has 2 aliphatic carbocycles. The van der Waals surface area contributed by atoms with E-state index in [0.29, 0.717) is 30.0 Å². The fraction of sp³-hybridized carbons (Fsp3) is 0.680. The van der Waals surface area contributed by atoms with Crippen molar-refractivity contribution in [1.29, 1.82) is 0 Å². The molecular weight excluding hydrogens is 332 g/mol. The first-order valence-electron chi connectivity index (χ1n) is 8.25. The van der Waals surface area contributed by atoms with E-state index in [-0.39, 0.29) is 42.9 Å². The Morgan fingerprint density at radius 1 is 0.889 bits per heavy atom. The van der Waals surface area contributed by atoms with Gasteiger partial charge in [-0.2, -0.15) is 0 Å². The molecule has 0 aliphatic heterocycles. The summed E-state index contributed by atoms with van der Waals surface area (Å²) in [6.45, 7) is 15.7. The van der Waals surface area contributed by atoms with Crippen molar-refractivity contribution in [3.05, 3.63) is 36.0 Å². The van der Waals surface area contributed by atoms with E-state index in [1.807, 2.05) is 33.8 Å². The molecule has 0 N–H and O–H groups in total. The summed E-state index contributed by atoms with van der Waals surface area (Å²) in [6, 6.07) is 0. The Morgan fingerprint density at radius 3 is 1.74 bits per heavy atom. The van der Waals surface area contributed by atoms with Gasteiger partial charge in [-0.15, -0.1) is 0 Å². The predicted molar refractivity (Wildman–Crippen MR) is 126 cm³/mol. The highest BCUT2D eigenvalue weighted by Crippen LogP contribution is 2.29. The van der Waals surface area contributed by atoms with Gasteiger partial charge in [0.1, 0.15) is 5.78 Å². The van der Waals surface area contributed by atoms with E-state index in [9.17, 15) is 9.59 Å². The largest absolute Gasteiger partial charge is 0.299 e. The van der Waals surface area contributed by atoms with Crippen LogP contribution in [-0.4, -0.2) is 11.6 Å². The normalized spacial score (nSPS) is 23.1. The van der Waals surface area contributed by atoms with Crippen LogP contribution in [0.5, 0.6) is 0 Å². The summed E-state index contributed by atoms with van der Waals surface area (Å²) in [5.41, 5.74) is 3.22. The van der Waals surface area contributed by atoms with Crippen LogP contribution >= 0.6 is 0 Å². The summed E-state index contributed by atoms with van der Waals surface area (Å²) >= 11 is 0. The molecule has 3 atom stereocenters. The molecule has 2 rings (SSSR count). The van der Waals surface area contributed by atoms with Crippen LogP contribution in [0.15, 0.2) is 36.0 Å². The first kappa shape index (κ1) is 36.5. The first-order chi connectivity index (χ1) is 10.2. The monoisotopic (exact) mass is 382 g/mol. The van der Waals surface area contributed by atoms with E-state index < -0.39 is 0 Å². The Kier molecular flexibility index (Phi) is 22.6. The summed E-state index contributed by atoms with van der Waals surface area (Å²) in [6.07, 6.45) is 6.62. The molecule has 0 spiro atoms. The van der Waals surface area contributed by atoms with Crippen molar-refractivity contribution in [3.63, 3.8) is 0 Å². The molecule has 0 heterocycles. The standard InChI is InChI=1S/C10H16O.C10H14O.5CH4/c2*1-7(2)9-5-4-8(3)10(11)6-9;;;;;/h8-9H,1,4-6H2,2-3H3;4,9H,1,5-6H2,2-3H3;5*1H4/t8-,9-;9-;;;;;/m11...../s1. The zero-order valence-electron chi connectivity index (χ0n) is 14.6. The summed E-state index contributed by atoms with van der Waals surface area (Å²) in [4.78, 5) is 22.5. The van der Waals surface area contributed by atoms with Crippen molar-refractivity contribution >= 4 is 11.6 Å². The molecule has 0 radical (unpaired) electrons. The van der Waals surface area contributed by atoms with Crippen molar-refractivity contribution in [3.8, 4) is 0 Å². The number of ketones is 2. The Balaban J connectivity index is -0.000000101. The van der Waals surface area contributed by atoms with Crippen LogP contribution in [-0.2, 0) is 9.59 Å². The molecule has 0 aromatic rings. The minimum Gasteiger partial charge on any atom is -0.299 e. The molecule has 0 aromatic heterocycles. The van der Waals surface area contributed by atoms with Gasteiger partial charge in [0.15, 0.2) is 5.78 Å². The number of rotatable bonds is 2. The summed E-state index contributed by atoms with van der Waals surface area (Å²) in [5, 5.41) is 0. The average molecular weight is 383 g/mol. The van der Waals surface area contributed by atoms with Crippen molar-refractivity contribution in [2.45, 2.75) is 96.9 Å². The maximum absolute atomic E-state index is 11.3. The van der Waals surface area contributed by atoms with E-state index in [2.05, 4.69) is 13.2 Å². The summed E-state index contributed by atoms with van der Waals surface area (Å²) < 4.78 is 0. The van der Waals surface area contributed by atoms with E-state index in [4.69, 9.17) is 0 Å². The fourth-order valence-corrected chi connectivity index (χ4v) is 2.86. The lowest BCUT2D eigenvalue weighted by molar-refractivity contribution is -0.125. The molecular formula is C25H50O2. The highest BCUT2D eigenvalue weighted by Gasteiger charge is 2.25. The number of carbonyl (C=O) groups excluding carboxylic acids is 2. The maximum atomic E-state index is 11.3.